The van der Waals surface area contributed by atoms with Crippen molar-refractivity contribution >= 4 is 11.8 Å². The highest BCUT2D eigenvalue weighted by atomic mass is 16.5. The molecule has 0 spiro atoms. The lowest BCUT2D eigenvalue weighted by Gasteiger charge is -2.27. The number of carbonyl (C=O) groups excluding carboxylic acids is 2. The molecule has 0 radical (unpaired) electrons. The van der Waals surface area contributed by atoms with Crippen molar-refractivity contribution in [3.8, 4) is 5.75 Å². The molecule has 2 aromatic rings. The van der Waals surface area contributed by atoms with Gasteiger partial charge in [0.2, 0.25) is 5.76 Å². The van der Waals surface area contributed by atoms with Crippen LogP contribution in [0.5, 0.6) is 5.75 Å². The lowest BCUT2D eigenvalue weighted by atomic mass is 9.76. The van der Waals surface area contributed by atoms with Crippen LogP contribution in [0.2, 0.25) is 0 Å². The van der Waals surface area contributed by atoms with Crippen LogP contribution in [0.1, 0.15) is 58.1 Å². The first-order chi connectivity index (χ1) is 10.8. The maximum absolute atomic E-state index is 12.4. The summed E-state index contributed by atoms with van der Waals surface area (Å²) in [6, 6.07) is 7.21. The van der Waals surface area contributed by atoms with Crippen molar-refractivity contribution in [3.63, 3.8) is 0 Å². The number of carbonyl (C=O) groups is 2. The van der Waals surface area contributed by atoms with Crippen LogP contribution >= 0.6 is 0 Å². The van der Waals surface area contributed by atoms with Crippen molar-refractivity contribution in [1.29, 1.82) is 0 Å². The summed E-state index contributed by atoms with van der Waals surface area (Å²) in [5.74, 6) is 0.653. The Bertz CT molecular complexity index is 778. The Morgan fingerprint density at radius 3 is 2.43 bits per heavy atom. The Morgan fingerprint density at radius 2 is 1.78 bits per heavy atom. The normalized spacial score (nSPS) is 16.1. The second-order valence-corrected chi connectivity index (χ2v) is 7.00. The molecule has 0 amide bonds. The number of hydrogen-bond acceptors (Lipinski definition) is 4. The monoisotopic (exact) mass is 312 g/mol. The zero-order valence-corrected chi connectivity index (χ0v) is 13.9. The Labute approximate surface area is 135 Å². The van der Waals surface area contributed by atoms with Crippen molar-refractivity contribution in [1.82, 2.24) is 0 Å². The minimum atomic E-state index is -0.564. The quantitative estimate of drug-likeness (QED) is 0.614. The third-order valence-corrected chi connectivity index (χ3v) is 4.19. The second-order valence-electron chi connectivity index (χ2n) is 7.00. The summed E-state index contributed by atoms with van der Waals surface area (Å²) in [6.07, 6.45) is 1.11. The molecule has 1 aromatic carbocycles. The molecule has 1 aromatic heterocycles. The first-order valence-corrected chi connectivity index (χ1v) is 7.71. The zero-order chi connectivity index (χ0) is 16.8. The standard InChI is InChI=1S/C19H20O4/c1-11-5-7-13(8-6-11)22-18(21)17-12(2)16-14(20)9-19(3,4)10-15(16)23-17/h5-8H,9-10H2,1-4H3. The number of Topliss-reactive ketones (excluding diaryl/α,β-unsaturated/α-hetero) is 1. The molecule has 4 heteroatoms. The van der Waals surface area contributed by atoms with E-state index in [0.29, 0.717) is 35.5 Å². The van der Waals surface area contributed by atoms with E-state index >= 15 is 0 Å². The van der Waals surface area contributed by atoms with Crippen LogP contribution in [0.3, 0.4) is 0 Å². The third kappa shape index (κ3) is 2.93. The summed E-state index contributed by atoms with van der Waals surface area (Å²) in [7, 11) is 0. The zero-order valence-electron chi connectivity index (χ0n) is 13.9. The summed E-state index contributed by atoms with van der Waals surface area (Å²) in [4.78, 5) is 24.7. The van der Waals surface area contributed by atoms with Crippen LogP contribution in [0, 0.1) is 19.3 Å². The molecular weight excluding hydrogens is 292 g/mol. The fourth-order valence-electron chi connectivity index (χ4n) is 3.04. The van der Waals surface area contributed by atoms with E-state index in [4.69, 9.17) is 9.15 Å². The number of rotatable bonds is 2. The van der Waals surface area contributed by atoms with E-state index in [1.165, 1.54) is 0 Å². The van der Waals surface area contributed by atoms with Gasteiger partial charge < -0.3 is 9.15 Å². The van der Waals surface area contributed by atoms with Gasteiger partial charge in [0.25, 0.3) is 0 Å². The predicted molar refractivity (Wildman–Crippen MR) is 86.0 cm³/mol. The number of ether oxygens (including phenoxy) is 1. The number of aryl methyl sites for hydroxylation is 1. The molecule has 0 saturated carbocycles. The molecule has 0 unspecified atom stereocenters. The number of hydrogen-bond donors (Lipinski definition) is 0. The topological polar surface area (TPSA) is 56.5 Å². The van der Waals surface area contributed by atoms with Gasteiger partial charge in [0.05, 0.1) is 5.56 Å². The Balaban J connectivity index is 1.91. The van der Waals surface area contributed by atoms with Gasteiger partial charge in [-0.2, -0.15) is 0 Å². The number of esters is 1. The molecule has 0 saturated heterocycles. The van der Waals surface area contributed by atoms with Gasteiger partial charge in [-0.3, -0.25) is 4.79 Å². The number of furan rings is 1. The largest absolute Gasteiger partial charge is 0.453 e. The minimum Gasteiger partial charge on any atom is -0.453 e. The van der Waals surface area contributed by atoms with Crippen molar-refractivity contribution < 1.29 is 18.7 Å². The number of fused-ring (bicyclic) bond motifs is 1. The Morgan fingerprint density at radius 1 is 1.13 bits per heavy atom. The highest BCUT2D eigenvalue weighted by Crippen LogP contribution is 2.38. The Hall–Kier alpha value is -2.36. The van der Waals surface area contributed by atoms with E-state index in [9.17, 15) is 9.59 Å². The minimum absolute atomic E-state index is 0.0342. The maximum Gasteiger partial charge on any atom is 0.379 e. The predicted octanol–water partition coefficient (Wildman–Crippen LogP) is 4.27. The van der Waals surface area contributed by atoms with Crippen molar-refractivity contribution in [2.75, 3.05) is 0 Å². The van der Waals surface area contributed by atoms with Crippen LogP contribution in [-0.2, 0) is 6.42 Å². The van der Waals surface area contributed by atoms with Gasteiger partial charge in [-0.25, -0.2) is 4.79 Å². The van der Waals surface area contributed by atoms with Gasteiger partial charge in [-0.15, -0.1) is 0 Å². The molecule has 3 rings (SSSR count). The fourth-order valence-corrected chi connectivity index (χ4v) is 3.04. The van der Waals surface area contributed by atoms with Crippen LogP contribution in [0.25, 0.3) is 0 Å². The van der Waals surface area contributed by atoms with E-state index in [1.807, 2.05) is 32.9 Å². The van der Waals surface area contributed by atoms with Gasteiger partial charge >= 0.3 is 5.97 Å². The lowest BCUT2D eigenvalue weighted by molar-refractivity contribution is 0.0694. The lowest BCUT2D eigenvalue weighted by Crippen LogP contribution is -2.26. The molecule has 0 fully saturated rings. The SMILES string of the molecule is Cc1ccc(OC(=O)c2oc3c(c2C)C(=O)CC(C)(C)C3)cc1. The average Bonchev–Trinajstić information content (AvgIpc) is 2.77. The van der Waals surface area contributed by atoms with Gasteiger partial charge in [0.1, 0.15) is 11.5 Å². The highest BCUT2D eigenvalue weighted by Gasteiger charge is 2.37. The number of benzene rings is 1. The average molecular weight is 312 g/mol. The molecule has 1 aliphatic rings. The van der Waals surface area contributed by atoms with Gasteiger partial charge in [0, 0.05) is 18.4 Å². The van der Waals surface area contributed by atoms with Crippen molar-refractivity contribution in [2.45, 2.75) is 40.5 Å². The molecule has 0 bridgehead atoms. The van der Waals surface area contributed by atoms with Gasteiger partial charge in [0.15, 0.2) is 5.78 Å². The molecule has 0 aliphatic heterocycles. The van der Waals surface area contributed by atoms with Crippen LogP contribution in [-0.4, -0.2) is 11.8 Å². The van der Waals surface area contributed by atoms with Crippen molar-refractivity contribution in [2.24, 2.45) is 5.41 Å². The molecular formula is C19H20O4. The molecule has 0 atom stereocenters. The van der Waals surface area contributed by atoms with Crippen LogP contribution < -0.4 is 4.74 Å². The Kier molecular flexibility index (Phi) is 3.63. The summed E-state index contributed by atoms with van der Waals surface area (Å²) >= 11 is 0. The maximum atomic E-state index is 12.4. The van der Waals surface area contributed by atoms with E-state index < -0.39 is 5.97 Å². The van der Waals surface area contributed by atoms with E-state index in [0.717, 1.165) is 5.56 Å². The van der Waals surface area contributed by atoms with E-state index in [1.54, 1.807) is 19.1 Å². The number of ketones is 1. The molecule has 1 heterocycles. The van der Waals surface area contributed by atoms with Crippen LogP contribution in [0.15, 0.2) is 28.7 Å². The van der Waals surface area contributed by atoms with Crippen LogP contribution in [0.4, 0.5) is 0 Å². The second kappa shape index (κ2) is 5.37. The smallest absolute Gasteiger partial charge is 0.379 e. The van der Waals surface area contributed by atoms with Gasteiger partial charge in [-0.1, -0.05) is 31.5 Å². The molecule has 0 N–H and O–H groups in total. The first-order valence-electron chi connectivity index (χ1n) is 7.71. The summed E-state index contributed by atoms with van der Waals surface area (Å²) < 4.78 is 11.1. The summed E-state index contributed by atoms with van der Waals surface area (Å²) in [5.41, 5.74) is 2.08. The molecule has 120 valence electrons. The summed E-state index contributed by atoms with van der Waals surface area (Å²) in [6.45, 7) is 7.75. The first kappa shape index (κ1) is 15.5. The van der Waals surface area contributed by atoms with E-state index in [2.05, 4.69) is 0 Å². The molecule has 23 heavy (non-hydrogen) atoms. The highest BCUT2D eigenvalue weighted by molar-refractivity contribution is 6.03. The molecule has 1 aliphatic carbocycles. The summed E-state index contributed by atoms with van der Waals surface area (Å²) in [5, 5.41) is 0. The molecule has 4 nitrogen and oxygen atoms in total. The van der Waals surface area contributed by atoms with Gasteiger partial charge in [-0.05, 0) is 31.4 Å². The fraction of sp³-hybridized carbons (Fsp3) is 0.368. The third-order valence-electron chi connectivity index (χ3n) is 4.19. The van der Waals surface area contributed by atoms with E-state index in [-0.39, 0.29) is 17.0 Å². The van der Waals surface area contributed by atoms with Crippen molar-refractivity contribution in [3.05, 3.63) is 52.5 Å².